The van der Waals surface area contributed by atoms with Crippen LogP contribution in [0.25, 0.3) is 17.0 Å². The van der Waals surface area contributed by atoms with Crippen molar-refractivity contribution in [2.24, 2.45) is 0 Å². The molecule has 0 unspecified atom stereocenters. The van der Waals surface area contributed by atoms with E-state index in [4.69, 9.17) is 4.98 Å². The molecule has 0 amide bonds. The second-order valence-corrected chi connectivity index (χ2v) is 10.6. The lowest BCUT2D eigenvalue weighted by molar-refractivity contribution is 0.387. The minimum Gasteiger partial charge on any atom is -0.352 e. The van der Waals surface area contributed by atoms with Crippen LogP contribution in [0.5, 0.6) is 0 Å². The van der Waals surface area contributed by atoms with E-state index in [-0.39, 0.29) is 12.1 Å². The Morgan fingerprint density at radius 2 is 1.69 bits per heavy atom. The minimum atomic E-state index is -3.19. The molecule has 3 N–H and O–H groups in total. The summed E-state index contributed by atoms with van der Waals surface area (Å²) in [5.74, 6) is 0.552. The first-order valence-corrected chi connectivity index (χ1v) is 13.3. The largest absolute Gasteiger partial charge is 0.352 e. The van der Waals surface area contributed by atoms with Crippen molar-refractivity contribution in [2.75, 3.05) is 16.9 Å². The number of hydrogen-bond donors (Lipinski definition) is 3. The molecule has 1 fully saturated rings. The number of fused-ring (bicyclic) bond motifs is 1. The van der Waals surface area contributed by atoms with Gasteiger partial charge in [-0.25, -0.2) is 38.1 Å². The zero-order valence-electron chi connectivity index (χ0n) is 19.5. The van der Waals surface area contributed by atoms with Gasteiger partial charge < -0.3 is 10.6 Å². The van der Waals surface area contributed by atoms with Crippen molar-refractivity contribution < 1.29 is 8.42 Å². The summed E-state index contributed by atoms with van der Waals surface area (Å²) >= 11 is 0. The van der Waals surface area contributed by atoms with E-state index in [0.29, 0.717) is 5.95 Å². The molecular formula is C23H27N9O2S. The van der Waals surface area contributed by atoms with Gasteiger partial charge in [0.25, 0.3) is 0 Å². The van der Waals surface area contributed by atoms with E-state index >= 15 is 0 Å². The average Bonchev–Trinajstić information content (AvgIpc) is 3.24. The zero-order valence-corrected chi connectivity index (χ0v) is 20.3. The Balaban J connectivity index is 1.35. The molecule has 11 nitrogen and oxygen atoms in total. The molecule has 182 valence electrons. The molecular weight excluding hydrogens is 466 g/mol. The van der Waals surface area contributed by atoms with Crippen molar-refractivity contribution in [3.05, 3.63) is 55.0 Å². The summed E-state index contributed by atoms with van der Waals surface area (Å²) in [6, 6.07) is 4.07. The van der Waals surface area contributed by atoms with E-state index in [1.807, 2.05) is 42.0 Å². The van der Waals surface area contributed by atoms with Crippen molar-refractivity contribution in [3.63, 3.8) is 0 Å². The molecule has 5 rings (SSSR count). The first-order chi connectivity index (χ1) is 16.8. The lowest BCUT2D eigenvalue weighted by Crippen LogP contribution is -2.39. The molecule has 1 saturated carbocycles. The number of hydrogen-bond acceptors (Lipinski definition) is 9. The van der Waals surface area contributed by atoms with Gasteiger partial charge in [0, 0.05) is 24.5 Å². The van der Waals surface area contributed by atoms with Gasteiger partial charge in [-0.05, 0) is 50.3 Å². The van der Waals surface area contributed by atoms with Crippen LogP contribution in [-0.4, -0.2) is 56.1 Å². The number of nitrogens with zero attached hydrogens (tertiary/aromatic N) is 6. The molecule has 0 atom stereocenters. The van der Waals surface area contributed by atoms with Crippen molar-refractivity contribution in [3.8, 4) is 11.4 Å². The van der Waals surface area contributed by atoms with Gasteiger partial charge in [-0.1, -0.05) is 0 Å². The van der Waals surface area contributed by atoms with Gasteiger partial charge in [-0.15, -0.1) is 0 Å². The number of aromatic nitrogens is 6. The van der Waals surface area contributed by atoms with Gasteiger partial charge >= 0.3 is 0 Å². The highest BCUT2D eigenvalue weighted by molar-refractivity contribution is 7.88. The average molecular weight is 494 g/mol. The van der Waals surface area contributed by atoms with Crippen LogP contribution in [0.4, 0.5) is 17.3 Å². The van der Waals surface area contributed by atoms with Gasteiger partial charge in [-0.3, -0.25) is 4.40 Å². The maximum absolute atomic E-state index is 11.5. The van der Waals surface area contributed by atoms with Gasteiger partial charge in [0.15, 0.2) is 0 Å². The number of sulfonamides is 1. The molecule has 0 spiro atoms. The molecule has 0 aromatic carbocycles. The normalized spacial score (nSPS) is 18.5. The number of rotatable bonds is 7. The summed E-state index contributed by atoms with van der Waals surface area (Å²) in [6.45, 7) is 1.98. The van der Waals surface area contributed by atoms with Crippen LogP contribution < -0.4 is 15.4 Å². The second kappa shape index (κ2) is 9.55. The third kappa shape index (κ3) is 5.54. The lowest BCUT2D eigenvalue weighted by atomic mass is 9.92. The number of aryl methyl sites for hydroxylation is 1. The minimum absolute atomic E-state index is 0.0130. The second-order valence-electron chi connectivity index (χ2n) is 8.85. The van der Waals surface area contributed by atoms with E-state index in [9.17, 15) is 8.42 Å². The Bertz CT molecular complexity index is 1430. The molecule has 0 aliphatic heterocycles. The molecule has 0 saturated heterocycles. The van der Waals surface area contributed by atoms with Gasteiger partial charge in [0.1, 0.15) is 12.0 Å². The molecule has 12 heteroatoms. The fraction of sp³-hybridized carbons (Fsp3) is 0.348. The van der Waals surface area contributed by atoms with Crippen LogP contribution >= 0.6 is 0 Å². The van der Waals surface area contributed by atoms with Gasteiger partial charge in [-0.2, -0.15) is 0 Å². The maximum atomic E-state index is 11.5. The molecule has 1 aliphatic carbocycles. The molecule has 4 aromatic heterocycles. The van der Waals surface area contributed by atoms with Crippen LogP contribution in [0.2, 0.25) is 0 Å². The predicted octanol–water partition coefficient (Wildman–Crippen LogP) is 2.91. The molecule has 4 heterocycles. The van der Waals surface area contributed by atoms with Crippen LogP contribution in [0.3, 0.4) is 0 Å². The predicted molar refractivity (Wildman–Crippen MR) is 134 cm³/mol. The number of imidazole rings is 1. The topological polar surface area (TPSA) is 139 Å². The third-order valence-electron chi connectivity index (χ3n) is 6.01. The van der Waals surface area contributed by atoms with Gasteiger partial charge in [0.2, 0.25) is 16.0 Å². The van der Waals surface area contributed by atoms with Crippen LogP contribution in [0.1, 0.15) is 31.2 Å². The molecule has 1 aliphatic rings. The Morgan fingerprint density at radius 3 is 2.43 bits per heavy atom. The third-order valence-corrected chi connectivity index (χ3v) is 6.77. The summed E-state index contributed by atoms with van der Waals surface area (Å²) in [5.41, 5.74) is 5.06. The first kappa shape index (κ1) is 23.1. The van der Waals surface area contributed by atoms with Crippen molar-refractivity contribution in [2.45, 2.75) is 44.7 Å². The van der Waals surface area contributed by atoms with Crippen molar-refractivity contribution in [1.82, 2.24) is 34.0 Å². The SMILES string of the molecule is Cc1cnc(N[C@H]2CC[C@H](NS(C)(=O)=O)CC2)nc1-c1cnc2ccc(Nc3cncnc3)cn12. The summed E-state index contributed by atoms with van der Waals surface area (Å²) in [4.78, 5) is 21.9. The maximum Gasteiger partial charge on any atom is 0.223 e. The summed E-state index contributed by atoms with van der Waals surface area (Å²) < 4.78 is 27.7. The highest BCUT2D eigenvalue weighted by Crippen LogP contribution is 2.27. The monoisotopic (exact) mass is 493 g/mol. The van der Waals surface area contributed by atoms with E-state index in [0.717, 1.165) is 59.7 Å². The van der Waals surface area contributed by atoms with E-state index in [1.54, 1.807) is 12.4 Å². The summed E-state index contributed by atoms with van der Waals surface area (Å²) in [6.07, 6.45) is 14.9. The van der Waals surface area contributed by atoms with E-state index in [1.165, 1.54) is 12.6 Å². The highest BCUT2D eigenvalue weighted by atomic mass is 32.2. The first-order valence-electron chi connectivity index (χ1n) is 11.4. The highest BCUT2D eigenvalue weighted by Gasteiger charge is 2.24. The van der Waals surface area contributed by atoms with E-state index < -0.39 is 10.0 Å². The standard InChI is InChI=1S/C23H27N9O2S/c1-15-9-27-23(29-16-3-5-17(6-4-16)31-35(2,33)34)30-22(15)20-12-26-21-8-7-18(13-32(20)21)28-19-10-24-14-25-11-19/h7-14,16-17,28,31H,3-6H2,1-2H3,(H,27,29,30)/t16-,17-. The molecule has 4 aromatic rings. The summed E-state index contributed by atoms with van der Waals surface area (Å²) in [7, 11) is -3.19. The Hall–Kier alpha value is -3.64. The fourth-order valence-electron chi connectivity index (χ4n) is 4.37. The number of nitrogens with one attached hydrogen (secondary N) is 3. The lowest BCUT2D eigenvalue weighted by Gasteiger charge is -2.29. The Kier molecular flexibility index (Phi) is 6.31. The fourth-order valence-corrected chi connectivity index (χ4v) is 5.21. The van der Waals surface area contributed by atoms with Crippen molar-refractivity contribution in [1.29, 1.82) is 0 Å². The van der Waals surface area contributed by atoms with Crippen LogP contribution in [0.15, 0.2) is 49.4 Å². The van der Waals surface area contributed by atoms with Crippen molar-refractivity contribution >= 4 is 33.0 Å². The quantitative estimate of drug-likeness (QED) is 0.354. The summed E-state index contributed by atoms with van der Waals surface area (Å²) in [5, 5.41) is 6.73. The number of pyridine rings is 1. The van der Waals surface area contributed by atoms with Crippen LogP contribution in [-0.2, 0) is 10.0 Å². The van der Waals surface area contributed by atoms with Crippen LogP contribution in [0, 0.1) is 6.92 Å². The van der Waals surface area contributed by atoms with Gasteiger partial charge in [0.05, 0.1) is 47.6 Å². The number of anilines is 3. The zero-order chi connectivity index (χ0) is 24.4. The molecule has 0 bridgehead atoms. The Labute approximate surface area is 203 Å². The molecule has 0 radical (unpaired) electrons. The Morgan fingerprint density at radius 1 is 0.943 bits per heavy atom. The van der Waals surface area contributed by atoms with E-state index in [2.05, 4.69) is 35.3 Å². The molecule has 35 heavy (non-hydrogen) atoms. The smallest absolute Gasteiger partial charge is 0.223 e.